The Morgan fingerprint density at radius 1 is 0.923 bits per heavy atom. The van der Waals surface area contributed by atoms with E-state index in [0.717, 1.165) is 16.7 Å². The molecule has 208 valence electrons. The quantitative estimate of drug-likeness (QED) is 0.291. The summed E-state index contributed by atoms with van der Waals surface area (Å²) >= 11 is 0. The Kier molecular flexibility index (Phi) is 9.45. The molecule has 10 heteroatoms. The lowest BCUT2D eigenvalue weighted by Gasteiger charge is -2.28. The lowest BCUT2D eigenvalue weighted by Crippen LogP contribution is -2.53. The fourth-order valence-electron chi connectivity index (χ4n) is 4.42. The monoisotopic (exact) mass is 535 g/mol. The molecule has 10 nitrogen and oxygen atoms in total. The topological polar surface area (TPSA) is 128 Å². The number of nitrogens with zero attached hydrogens (tertiary/aromatic N) is 2. The molecule has 1 heterocycles. The summed E-state index contributed by atoms with van der Waals surface area (Å²) in [5, 5.41) is 8.27. The zero-order chi connectivity index (χ0) is 28.7. The van der Waals surface area contributed by atoms with Crippen molar-refractivity contribution < 1.29 is 24.0 Å². The van der Waals surface area contributed by atoms with Crippen LogP contribution in [0.4, 0.5) is 21.0 Å². The first kappa shape index (κ1) is 29.3. The maximum Gasteiger partial charge on any atom is 0.328 e. The first-order valence-electron chi connectivity index (χ1n) is 13.0. The number of anilines is 2. The molecular weight excluding hydrogens is 498 g/mol. The first-order chi connectivity index (χ1) is 18.4. The Balaban J connectivity index is 1.73. The summed E-state index contributed by atoms with van der Waals surface area (Å²) < 4.78 is 0. The molecular formula is C29H37N5O5. The number of hydrogen-bond donors (Lipinski definition) is 3. The van der Waals surface area contributed by atoms with Crippen molar-refractivity contribution in [3.8, 4) is 0 Å². The number of hydrogen-bond acceptors (Lipinski definition) is 5. The van der Waals surface area contributed by atoms with Crippen LogP contribution in [0.3, 0.4) is 0 Å². The fourth-order valence-corrected chi connectivity index (χ4v) is 4.42. The normalized spacial score (nSPS) is 16.2. The van der Waals surface area contributed by atoms with Gasteiger partial charge in [-0.05, 0) is 62.9 Å². The van der Waals surface area contributed by atoms with Gasteiger partial charge in [0.25, 0.3) is 5.91 Å². The van der Waals surface area contributed by atoms with Crippen molar-refractivity contribution in [3.63, 3.8) is 0 Å². The zero-order valence-electron chi connectivity index (χ0n) is 23.1. The Bertz CT molecular complexity index is 1200. The largest absolute Gasteiger partial charge is 0.351 e. The molecule has 1 fully saturated rings. The summed E-state index contributed by atoms with van der Waals surface area (Å²) in [5.41, 5.74) is 0.811. The predicted octanol–water partition coefficient (Wildman–Crippen LogP) is 4.38. The molecule has 0 spiro atoms. The molecule has 1 saturated heterocycles. The molecule has 2 aromatic rings. The van der Waals surface area contributed by atoms with Gasteiger partial charge in [0.05, 0.1) is 0 Å². The number of carbonyl (C=O) groups is 5. The number of nitrogens with one attached hydrogen (secondary N) is 3. The molecule has 0 saturated carbocycles. The van der Waals surface area contributed by atoms with Gasteiger partial charge in [-0.3, -0.25) is 9.59 Å². The SMILES string of the molecule is CC(C)CC(C(=O)NC(C)CC=O)N1C(=O)N(Cc2ccc(NC(=O)Nc3ccccc3)cc2)C(C)(C)C1=O. The van der Waals surface area contributed by atoms with Crippen molar-refractivity contribution in [2.45, 2.75) is 71.6 Å². The predicted molar refractivity (Wildman–Crippen MR) is 149 cm³/mol. The molecule has 6 amide bonds. The molecule has 2 aromatic carbocycles. The van der Waals surface area contributed by atoms with Crippen molar-refractivity contribution in [1.82, 2.24) is 15.1 Å². The van der Waals surface area contributed by atoms with Gasteiger partial charge in [-0.2, -0.15) is 0 Å². The summed E-state index contributed by atoms with van der Waals surface area (Å²) in [7, 11) is 0. The zero-order valence-corrected chi connectivity index (χ0v) is 23.1. The summed E-state index contributed by atoms with van der Waals surface area (Å²) in [6.45, 7) is 9.00. The minimum atomic E-state index is -1.17. The number of benzene rings is 2. The second-order valence-corrected chi connectivity index (χ2v) is 10.7. The van der Waals surface area contributed by atoms with Gasteiger partial charge in [-0.15, -0.1) is 0 Å². The Morgan fingerprint density at radius 2 is 1.51 bits per heavy atom. The Labute approximate surface area is 229 Å². The molecule has 1 aliphatic rings. The van der Waals surface area contributed by atoms with Crippen LogP contribution in [0.15, 0.2) is 54.6 Å². The highest BCUT2D eigenvalue weighted by atomic mass is 16.2. The second-order valence-electron chi connectivity index (χ2n) is 10.7. The highest BCUT2D eigenvalue weighted by Gasteiger charge is 2.54. The van der Waals surface area contributed by atoms with Crippen LogP contribution in [0, 0.1) is 5.92 Å². The third-order valence-electron chi connectivity index (χ3n) is 6.59. The van der Waals surface area contributed by atoms with Crippen LogP contribution in [0.25, 0.3) is 0 Å². The smallest absolute Gasteiger partial charge is 0.328 e. The molecule has 1 aliphatic heterocycles. The van der Waals surface area contributed by atoms with Gasteiger partial charge in [0.15, 0.2) is 0 Å². The maximum atomic E-state index is 13.6. The van der Waals surface area contributed by atoms with Crippen LogP contribution in [-0.2, 0) is 20.9 Å². The molecule has 3 rings (SSSR count). The number of urea groups is 2. The number of aldehydes is 1. The average Bonchev–Trinajstić information content (AvgIpc) is 3.03. The van der Waals surface area contributed by atoms with E-state index >= 15 is 0 Å². The van der Waals surface area contributed by atoms with Crippen molar-refractivity contribution in [3.05, 3.63) is 60.2 Å². The number of rotatable bonds is 11. The highest BCUT2D eigenvalue weighted by molar-refractivity contribution is 6.09. The molecule has 0 radical (unpaired) electrons. The van der Waals surface area contributed by atoms with E-state index < -0.39 is 35.5 Å². The van der Waals surface area contributed by atoms with E-state index in [1.807, 2.05) is 32.0 Å². The summed E-state index contributed by atoms with van der Waals surface area (Å²) in [5.74, 6) is -0.868. The minimum Gasteiger partial charge on any atom is -0.351 e. The lowest BCUT2D eigenvalue weighted by atomic mass is 9.99. The van der Waals surface area contributed by atoms with E-state index in [1.54, 1.807) is 57.2 Å². The fraction of sp³-hybridized carbons (Fsp3) is 0.414. The minimum absolute atomic E-state index is 0.0408. The summed E-state index contributed by atoms with van der Waals surface area (Å²) in [4.78, 5) is 65.8. The molecule has 2 atom stereocenters. The first-order valence-corrected chi connectivity index (χ1v) is 13.0. The van der Waals surface area contributed by atoms with Crippen LogP contribution in [0.5, 0.6) is 0 Å². The van der Waals surface area contributed by atoms with Crippen LogP contribution in [0.1, 0.15) is 53.0 Å². The summed E-state index contributed by atoms with van der Waals surface area (Å²) in [6.07, 6.45) is 1.15. The van der Waals surface area contributed by atoms with Crippen LogP contribution < -0.4 is 16.0 Å². The van der Waals surface area contributed by atoms with Crippen LogP contribution in [-0.4, -0.2) is 57.6 Å². The van der Waals surface area contributed by atoms with Crippen molar-refractivity contribution >= 4 is 41.5 Å². The van der Waals surface area contributed by atoms with Gasteiger partial charge in [-0.25, -0.2) is 14.5 Å². The van der Waals surface area contributed by atoms with Gasteiger partial charge in [0.1, 0.15) is 17.9 Å². The molecule has 0 aromatic heterocycles. The number of para-hydroxylation sites is 1. The Hall–Kier alpha value is -4.21. The third-order valence-corrected chi connectivity index (χ3v) is 6.59. The highest BCUT2D eigenvalue weighted by Crippen LogP contribution is 2.32. The lowest BCUT2D eigenvalue weighted by molar-refractivity contribution is -0.139. The van der Waals surface area contributed by atoms with Gasteiger partial charge < -0.3 is 25.6 Å². The van der Waals surface area contributed by atoms with Crippen molar-refractivity contribution in [1.29, 1.82) is 0 Å². The van der Waals surface area contributed by atoms with Crippen LogP contribution in [0.2, 0.25) is 0 Å². The summed E-state index contributed by atoms with van der Waals surface area (Å²) in [6, 6.07) is 13.7. The standard InChI is InChI=1S/C29H37N5O5/c1-19(2)17-24(25(36)30-20(3)15-16-35)34-26(37)29(4,5)33(28(34)39)18-21-11-13-23(14-12-21)32-27(38)31-22-9-7-6-8-10-22/h6-14,16,19-20,24H,15,17-18H2,1-5H3,(H,30,36)(H2,31,32,38). The van der Waals surface area contributed by atoms with Gasteiger partial charge in [0.2, 0.25) is 5.91 Å². The second kappa shape index (κ2) is 12.6. The molecule has 0 aliphatic carbocycles. The number of imide groups is 1. The molecule has 2 unspecified atom stereocenters. The van der Waals surface area contributed by atoms with E-state index in [1.165, 1.54) is 4.90 Å². The van der Waals surface area contributed by atoms with Crippen LogP contribution >= 0.6 is 0 Å². The number of carbonyl (C=O) groups excluding carboxylic acids is 5. The van der Waals surface area contributed by atoms with E-state index in [4.69, 9.17) is 0 Å². The Morgan fingerprint density at radius 3 is 2.08 bits per heavy atom. The van der Waals surface area contributed by atoms with E-state index in [-0.39, 0.29) is 24.9 Å². The molecule has 39 heavy (non-hydrogen) atoms. The number of amides is 6. The molecule has 3 N–H and O–H groups in total. The van der Waals surface area contributed by atoms with E-state index in [0.29, 0.717) is 17.8 Å². The maximum absolute atomic E-state index is 13.6. The van der Waals surface area contributed by atoms with Gasteiger partial charge in [0, 0.05) is 30.4 Å². The van der Waals surface area contributed by atoms with Gasteiger partial charge in [-0.1, -0.05) is 44.2 Å². The van der Waals surface area contributed by atoms with Crippen molar-refractivity contribution in [2.75, 3.05) is 10.6 Å². The average molecular weight is 536 g/mol. The van der Waals surface area contributed by atoms with E-state index in [9.17, 15) is 24.0 Å². The molecule has 0 bridgehead atoms. The third kappa shape index (κ3) is 7.22. The van der Waals surface area contributed by atoms with Gasteiger partial charge >= 0.3 is 12.1 Å². The van der Waals surface area contributed by atoms with E-state index in [2.05, 4.69) is 16.0 Å². The van der Waals surface area contributed by atoms with Crippen molar-refractivity contribution in [2.24, 2.45) is 5.92 Å².